The van der Waals surface area contributed by atoms with Crippen LogP contribution in [0.15, 0.2) is 59.5 Å². The van der Waals surface area contributed by atoms with Gasteiger partial charge in [0.1, 0.15) is 4.90 Å². The second-order valence-corrected chi connectivity index (χ2v) is 5.48. The Labute approximate surface area is 111 Å². The van der Waals surface area contributed by atoms with Gasteiger partial charge in [-0.05, 0) is 24.3 Å². The lowest BCUT2D eigenvalue weighted by Gasteiger charge is -2.10. The maximum atomic E-state index is 12.2. The Morgan fingerprint density at radius 2 is 1.53 bits per heavy atom. The molecular weight excluding hydrogens is 264 g/mol. The summed E-state index contributed by atoms with van der Waals surface area (Å²) >= 11 is 0. The van der Waals surface area contributed by atoms with Gasteiger partial charge in [0.05, 0.1) is 5.56 Å². The number of rotatable bonds is 4. The van der Waals surface area contributed by atoms with Crippen LogP contribution in [-0.4, -0.2) is 14.3 Å². The monoisotopic (exact) mass is 276 g/mol. The molecule has 0 saturated heterocycles. The lowest BCUT2D eigenvalue weighted by molar-refractivity contribution is 0.0997. The highest BCUT2D eigenvalue weighted by molar-refractivity contribution is 7.92. The summed E-state index contributed by atoms with van der Waals surface area (Å²) < 4.78 is 26.8. The third-order valence-corrected chi connectivity index (χ3v) is 3.91. The normalized spacial score (nSPS) is 10.9. The van der Waals surface area contributed by atoms with Crippen LogP contribution >= 0.6 is 0 Å². The number of nitrogens with one attached hydrogen (secondary N) is 1. The molecule has 19 heavy (non-hydrogen) atoms. The van der Waals surface area contributed by atoms with Crippen LogP contribution in [0.4, 0.5) is 5.69 Å². The van der Waals surface area contributed by atoms with E-state index in [2.05, 4.69) is 4.72 Å². The van der Waals surface area contributed by atoms with E-state index in [0.717, 1.165) is 0 Å². The second-order valence-electron chi connectivity index (χ2n) is 3.83. The number of para-hydroxylation sites is 1. The van der Waals surface area contributed by atoms with E-state index in [1.807, 2.05) is 0 Å². The molecule has 0 spiro atoms. The van der Waals surface area contributed by atoms with Crippen molar-refractivity contribution in [2.75, 3.05) is 4.72 Å². The highest BCUT2D eigenvalue weighted by Crippen LogP contribution is 2.19. The zero-order valence-electron chi connectivity index (χ0n) is 9.91. The molecule has 0 aliphatic rings. The number of sulfonamides is 1. The molecule has 0 atom stereocenters. The Hall–Kier alpha value is -2.34. The molecule has 1 amide bonds. The van der Waals surface area contributed by atoms with Gasteiger partial charge in [0, 0.05) is 5.69 Å². The van der Waals surface area contributed by atoms with Crippen LogP contribution in [0, 0.1) is 0 Å². The predicted molar refractivity (Wildman–Crippen MR) is 72.2 cm³/mol. The molecule has 2 aromatic rings. The molecule has 0 saturated carbocycles. The smallest absolute Gasteiger partial charge is 0.262 e. The molecule has 0 aliphatic carbocycles. The fourth-order valence-corrected chi connectivity index (χ4v) is 2.89. The maximum Gasteiger partial charge on any atom is 0.262 e. The van der Waals surface area contributed by atoms with E-state index in [1.165, 1.54) is 18.2 Å². The zero-order chi connectivity index (χ0) is 13.9. The van der Waals surface area contributed by atoms with E-state index in [4.69, 9.17) is 5.73 Å². The number of carbonyl (C=O) groups excluding carboxylic acids is 1. The fraction of sp³-hybridized carbons (Fsp3) is 0. The van der Waals surface area contributed by atoms with Gasteiger partial charge in [-0.3, -0.25) is 9.52 Å². The molecular formula is C13H12N2O3S. The average Bonchev–Trinajstić information content (AvgIpc) is 2.39. The minimum Gasteiger partial charge on any atom is -0.366 e. The van der Waals surface area contributed by atoms with Gasteiger partial charge < -0.3 is 5.73 Å². The molecule has 0 aliphatic heterocycles. The predicted octanol–water partition coefficient (Wildman–Crippen LogP) is 1.59. The Kier molecular flexibility index (Phi) is 3.52. The highest BCUT2D eigenvalue weighted by Gasteiger charge is 2.20. The van der Waals surface area contributed by atoms with E-state index < -0.39 is 15.9 Å². The van der Waals surface area contributed by atoms with Crippen LogP contribution in [0.3, 0.4) is 0 Å². The number of amides is 1. The molecule has 0 radical (unpaired) electrons. The van der Waals surface area contributed by atoms with Crippen LogP contribution < -0.4 is 10.5 Å². The SMILES string of the molecule is NC(=O)c1ccccc1S(=O)(=O)Nc1ccccc1. The van der Waals surface area contributed by atoms with Gasteiger partial charge in [-0.2, -0.15) is 0 Å². The van der Waals surface area contributed by atoms with Crippen molar-refractivity contribution in [3.63, 3.8) is 0 Å². The van der Waals surface area contributed by atoms with E-state index >= 15 is 0 Å². The fourth-order valence-electron chi connectivity index (χ4n) is 1.62. The molecule has 2 rings (SSSR count). The molecule has 5 nitrogen and oxygen atoms in total. The van der Waals surface area contributed by atoms with Gasteiger partial charge in [0.15, 0.2) is 0 Å². The third kappa shape index (κ3) is 2.92. The average molecular weight is 276 g/mol. The summed E-state index contributed by atoms with van der Waals surface area (Å²) in [6.45, 7) is 0. The van der Waals surface area contributed by atoms with Crippen molar-refractivity contribution < 1.29 is 13.2 Å². The van der Waals surface area contributed by atoms with Crippen molar-refractivity contribution >= 4 is 21.6 Å². The molecule has 0 fully saturated rings. The topological polar surface area (TPSA) is 89.3 Å². The standard InChI is InChI=1S/C13H12N2O3S/c14-13(16)11-8-4-5-9-12(11)19(17,18)15-10-6-2-1-3-7-10/h1-9,15H,(H2,14,16). The first-order chi connectivity index (χ1) is 9.00. The van der Waals surface area contributed by atoms with Gasteiger partial charge in [-0.25, -0.2) is 8.42 Å². The van der Waals surface area contributed by atoms with Crippen LogP contribution in [0.1, 0.15) is 10.4 Å². The first-order valence-electron chi connectivity index (χ1n) is 5.47. The highest BCUT2D eigenvalue weighted by atomic mass is 32.2. The summed E-state index contributed by atoms with van der Waals surface area (Å²) in [5, 5.41) is 0. The van der Waals surface area contributed by atoms with Gasteiger partial charge in [-0.15, -0.1) is 0 Å². The molecule has 2 aromatic carbocycles. The molecule has 98 valence electrons. The van der Waals surface area contributed by atoms with E-state index in [-0.39, 0.29) is 10.5 Å². The number of anilines is 1. The minimum atomic E-state index is -3.84. The van der Waals surface area contributed by atoms with Crippen molar-refractivity contribution in [3.8, 4) is 0 Å². The van der Waals surface area contributed by atoms with Gasteiger partial charge >= 0.3 is 0 Å². The van der Waals surface area contributed by atoms with Crippen LogP contribution in [-0.2, 0) is 10.0 Å². The molecule has 0 bridgehead atoms. The summed E-state index contributed by atoms with van der Waals surface area (Å²) in [5.41, 5.74) is 5.56. The molecule has 0 unspecified atom stereocenters. The first-order valence-corrected chi connectivity index (χ1v) is 6.96. The maximum absolute atomic E-state index is 12.2. The van der Waals surface area contributed by atoms with Crippen molar-refractivity contribution in [2.45, 2.75) is 4.90 Å². The van der Waals surface area contributed by atoms with Crippen LogP contribution in [0.2, 0.25) is 0 Å². The van der Waals surface area contributed by atoms with Crippen molar-refractivity contribution in [1.29, 1.82) is 0 Å². The van der Waals surface area contributed by atoms with Crippen LogP contribution in [0.25, 0.3) is 0 Å². The van der Waals surface area contributed by atoms with E-state index in [1.54, 1.807) is 36.4 Å². The number of nitrogens with two attached hydrogens (primary N) is 1. The first kappa shape index (κ1) is 13.1. The van der Waals surface area contributed by atoms with E-state index in [9.17, 15) is 13.2 Å². The Bertz CT molecular complexity index is 697. The number of benzene rings is 2. The zero-order valence-corrected chi connectivity index (χ0v) is 10.7. The Balaban J connectivity index is 2.43. The molecule has 0 aromatic heterocycles. The van der Waals surface area contributed by atoms with E-state index in [0.29, 0.717) is 5.69 Å². The van der Waals surface area contributed by atoms with Crippen molar-refractivity contribution in [1.82, 2.24) is 0 Å². The summed E-state index contributed by atoms with van der Waals surface area (Å²) in [6.07, 6.45) is 0. The lowest BCUT2D eigenvalue weighted by atomic mass is 10.2. The third-order valence-electron chi connectivity index (χ3n) is 2.47. The minimum absolute atomic E-state index is 0.0362. The summed E-state index contributed by atoms with van der Waals surface area (Å²) in [5.74, 6) is -0.783. The molecule has 6 heteroatoms. The summed E-state index contributed by atoms with van der Waals surface area (Å²) in [7, 11) is -3.84. The summed E-state index contributed by atoms with van der Waals surface area (Å²) in [4.78, 5) is 11.1. The van der Waals surface area contributed by atoms with Crippen LogP contribution in [0.5, 0.6) is 0 Å². The van der Waals surface area contributed by atoms with Gasteiger partial charge in [-0.1, -0.05) is 30.3 Å². The van der Waals surface area contributed by atoms with Crippen molar-refractivity contribution in [2.24, 2.45) is 5.73 Å². The second kappa shape index (κ2) is 5.11. The summed E-state index contributed by atoms with van der Waals surface area (Å²) in [6, 6.07) is 14.2. The Morgan fingerprint density at radius 1 is 0.947 bits per heavy atom. The van der Waals surface area contributed by atoms with Gasteiger partial charge in [0.25, 0.3) is 10.0 Å². The number of hydrogen-bond donors (Lipinski definition) is 2. The number of carbonyl (C=O) groups is 1. The van der Waals surface area contributed by atoms with Crippen molar-refractivity contribution in [3.05, 3.63) is 60.2 Å². The number of hydrogen-bond acceptors (Lipinski definition) is 3. The largest absolute Gasteiger partial charge is 0.366 e. The quantitative estimate of drug-likeness (QED) is 0.888. The molecule has 0 heterocycles. The number of primary amides is 1. The van der Waals surface area contributed by atoms with Gasteiger partial charge in [0.2, 0.25) is 5.91 Å². The molecule has 3 N–H and O–H groups in total. The lowest BCUT2D eigenvalue weighted by Crippen LogP contribution is -2.20. The Morgan fingerprint density at radius 3 is 2.16 bits per heavy atom.